The molecule has 1 N–H and O–H groups in total. The third-order valence-corrected chi connectivity index (χ3v) is 4.21. The van der Waals surface area contributed by atoms with Crippen LogP contribution in [0.15, 0.2) is 33.5 Å². The second-order valence-corrected chi connectivity index (χ2v) is 5.96. The predicted octanol–water partition coefficient (Wildman–Crippen LogP) is 3.59. The molecular weight excluding hydrogens is 374 g/mol. The van der Waals surface area contributed by atoms with Crippen molar-refractivity contribution < 1.29 is 27.4 Å². The quantitative estimate of drug-likeness (QED) is 0.836. The summed E-state index contributed by atoms with van der Waals surface area (Å²) in [6.45, 7) is 0.232. The number of hydrogen-bond donors (Lipinski definition) is 1. The van der Waals surface area contributed by atoms with Gasteiger partial charge in [0.15, 0.2) is 11.5 Å². The van der Waals surface area contributed by atoms with Crippen molar-refractivity contribution in [3.8, 4) is 23.3 Å². The van der Waals surface area contributed by atoms with Gasteiger partial charge in [-0.25, -0.2) is 4.79 Å². The van der Waals surface area contributed by atoms with Crippen LogP contribution in [0.2, 0.25) is 0 Å². The number of hydrogen-bond acceptors (Lipinski definition) is 7. The fourth-order valence-electron chi connectivity index (χ4n) is 3.19. The molecule has 0 fully saturated rings. The molecule has 9 heteroatoms. The number of alkyl halides is 2. The predicted molar refractivity (Wildman–Crippen MR) is 93.3 cm³/mol. The Balaban J connectivity index is 2.30. The van der Waals surface area contributed by atoms with Crippen LogP contribution in [-0.4, -0.2) is 19.1 Å². The van der Waals surface area contributed by atoms with Crippen LogP contribution in [0.5, 0.6) is 17.2 Å². The van der Waals surface area contributed by atoms with E-state index in [2.05, 4.69) is 4.74 Å². The van der Waals surface area contributed by atoms with Gasteiger partial charge < -0.3 is 18.6 Å². The van der Waals surface area contributed by atoms with E-state index in [0.29, 0.717) is 0 Å². The van der Waals surface area contributed by atoms with Crippen molar-refractivity contribution in [1.82, 2.24) is 0 Å². The van der Waals surface area contributed by atoms with Crippen molar-refractivity contribution in [2.24, 2.45) is 5.92 Å². The van der Waals surface area contributed by atoms with Crippen LogP contribution in [-0.2, 0) is 0 Å². The molecule has 28 heavy (non-hydrogen) atoms. The van der Waals surface area contributed by atoms with Gasteiger partial charge in [0, 0.05) is 17.5 Å². The monoisotopic (exact) mass is 390 g/mol. The maximum atomic E-state index is 13.1. The Kier molecular flexibility index (Phi) is 5.31. The molecule has 0 radical (unpaired) electrons. The van der Waals surface area contributed by atoms with Crippen molar-refractivity contribution in [1.29, 1.82) is 10.7 Å². The van der Waals surface area contributed by atoms with Crippen molar-refractivity contribution in [3.63, 3.8) is 0 Å². The lowest BCUT2D eigenvalue weighted by Crippen LogP contribution is -2.35. The third-order valence-electron chi connectivity index (χ3n) is 4.21. The molecule has 0 saturated heterocycles. The van der Waals surface area contributed by atoms with E-state index in [1.807, 2.05) is 6.07 Å². The summed E-state index contributed by atoms with van der Waals surface area (Å²) < 4.78 is 46.7. The van der Waals surface area contributed by atoms with Gasteiger partial charge in [0.25, 0.3) is 0 Å². The number of ether oxygens (including phenoxy) is 3. The van der Waals surface area contributed by atoms with Gasteiger partial charge in [-0.2, -0.15) is 14.0 Å². The van der Waals surface area contributed by atoms with E-state index in [0.717, 1.165) is 0 Å². The summed E-state index contributed by atoms with van der Waals surface area (Å²) in [5.41, 5.74) is -0.721. The lowest BCUT2D eigenvalue weighted by atomic mass is 9.79. The van der Waals surface area contributed by atoms with Gasteiger partial charge in [-0.05, 0) is 19.9 Å². The number of nitrogens with zero attached hydrogens (tertiary/aromatic N) is 1. The van der Waals surface area contributed by atoms with Crippen LogP contribution in [0.25, 0.3) is 0 Å². The lowest BCUT2D eigenvalue weighted by molar-refractivity contribution is -0.0522. The first-order chi connectivity index (χ1) is 13.4. The maximum absolute atomic E-state index is 13.1. The molecule has 0 amide bonds. The minimum atomic E-state index is -3.16. The van der Waals surface area contributed by atoms with Gasteiger partial charge >= 0.3 is 12.2 Å². The molecule has 1 aliphatic heterocycles. The Labute approximate surface area is 158 Å². The molecule has 7 nitrogen and oxygen atoms in total. The highest BCUT2D eigenvalue weighted by molar-refractivity contribution is 5.85. The Bertz CT molecular complexity index is 1010. The first-order valence-corrected chi connectivity index (χ1v) is 8.38. The minimum Gasteiger partial charge on any atom is -0.490 e. The van der Waals surface area contributed by atoms with Crippen LogP contribution in [0.4, 0.5) is 8.78 Å². The second-order valence-electron chi connectivity index (χ2n) is 5.96. The number of benzene rings is 1. The zero-order valence-corrected chi connectivity index (χ0v) is 15.0. The molecule has 2 aromatic rings. The summed E-state index contributed by atoms with van der Waals surface area (Å²) in [5.74, 6) is -2.73. The van der Waals surface area contributed by atoms with E-state index in [1.165, 1.54) is 31.2 Å². The van der Waals surface area contributed by atoms with E-state index in [9.17, 15) is 18.8 Å². The van der Waals surface area contributed by atoms with Gasteiger partial charge in [-0.3, -0.25) is 5.41 Å². The molecule has 0 aliphatic carbocycles. The molecule has 0 bridgehead atoms. The van der Waals surface area contributed by atoms with Crippen LogP contribution in [0.3, 0.4) is 0 Å². The zero-order chi connectivity index (χ0) is 20.4. The summed E-state index contributed by atoms with van der Waals surface area (Å²) in [6.07, 6.45) is 0. The van der Waals surface area contributed by atoms with Crippen LogP contribution < -0.4 is 19.8 Å². The van der Waals surface area contributed by atoms with Gasteiger partial charge in [0.1, 0.15) is 17.4 Å². The summed E-state index contributed by atoms with van der Waals surface area (Å²) in [5, 5.41) is 17.6. The molecule has 3 rings (SSSR count). The number of fused-ring (bicyclic) bond motifs is 1. The Hall–Kier alpha value is -3.41. The van der Waals surface area contributed by atoms with Gasteiger partial charge in [0.05, 0.1) is 18.2 Å². The molecule has 0 spiro atoms. The first kappa shape index (κ1) is 19.4. The van der Waals surface area contributed by atoms with Crippen molar-refractivity contribution >= 4 is 5.90 Å². The van der Waals surface area contributed by atoms with E-state index in [-0.39, 0.29) is 40.7 Å². The Morgan fingerprint density at radius 2 is 2.14 bits per heavy atom. The minimum absolute atomic E-state index is 0.0352. The molecule has 1 aromatic carbocycles. The highest BCUT2D eigenvalue weighted by atomic mass is 19.3. The molecule has 1 aromatic heterocycles. The fraction of sp³-hybridized carbons (Fsp3) is 0.316. The lowest BCUT2D eigenvalue weighted by Gasteiger charge is -2.30. The summed E-state index contributed by atoms with van der Waals surface area (Å²) >= 11 is 0. The van der Waals surface area contributed by atoms with Gasteiger partial charge in [-0.15, -0.1) is 0 Å². The highest BCUT2D eigenvalue weighted by Gasteiger charge is 2.42. The number of para-hydroxylation sites is 1. The molecule has 146 valence electrons. The number of halogens is 2. The average molecular weight is 390 g/mol. The summed E-state index contributed by atoms with van der Waals surface area (Å²) in [4.78, 5) is 12.5. The van der Waals surface area contributed by atoms with Gasteiger partial charge in [-0.1, -0.05) is 12.1 Å². The van der Waals surface area contributed by atoms with Crippen molar-refractivity contribution in [3.05, 3.63) is 51.6 Å². The van der Waals surface area contributed by atoms with Crippen molar-refractivity contribution in [2.45, 2.75) is 26.4 Å². The smallest absolute Gasteiger partial charge is 0.387 e. The summed E-state index contributed by atoms with van der Waals surface area (Å²) in [7, 11) is 0. The zero-order valence-electron chi connectivity index (χ0n) is 15.0. The van der Waals surface area contributed by atoms with Crippen LogP contribution in [0.1, 0.15) is 29.7 Å². The SMILES string of the molecule is CCOc1cccc(C2c3c(cc(C)oc3=O)OC(=N)C2C#N)c1OC(F)F. The number of rotatable bonds is 5. The summed E-state index contributed by atoms with van der Waals surface area (Å²) in [6, 6.07) is 7.72. The molecule has 2 heterocycles. The second kappa shape index (κ2) is 7.68. The number of nitrogens with one attached hydrogen (secondary N) is 1. The topological polar surface area (TPSA) is 106 Å². The normalized spacial score (nSPS) is 18.2. The molecule has 2 atom stereocenters. The maximum Gasteiger partial charge on any atom is 0.387 e. The first-order valence-electron chi connectivity index (χ1n) is 8.38. The van der Waals surface area contributed by atoms with E-state index in [1.54, 1.807) is 6.92 Å². The average Bonchev–Trinajstić information content (AvgIpc) is 2.61. The third kappa shape index (κ3) is 3.41. The van der Waals surface area contributed by atoms with Gasteiger partial charge in [0.2, 0.25) is 5.90 Å². The number of nitriles is 1. The molecular formula is C19H16F2N2O5. The van der Waals surface area contributed by atoms with E-state index in [4.69, 9.17) is 19.3 Å². The molecule has 2 unspecified atom stereocenters. The van der Waals surface area contributed by atoms with Crippen molar-refractivity contribution in [2.75, 3.05) is 6.61 Å². The standard InChI is InChI=1S/C19H16F2N2O5/c1-3-25-12-6-4-5-10(16(12)28-19(20)21)14-11(8-22)17(23)27-13-7-9(2)26-18(24)15(13)14/h4-7,11,14,19,23H,3H2,1-2H3. The highest BCUT2D eigenvalue weighted by Crippen LogP contribution is 2.46. The van der Waals surface area contributed by atoms with Crippen LogP contribution in [0, 0.1) is 29.6 Å². The molecule has 0 saturated carbocycles. The van der Waals surface area contributed by atoms with E-state index < -0.39 is 30.0 Å². The Morgan fingerprint density at radius 1 is 1.39 bits per heavy atom. The molecule has 1 aliphatic rings. The van der Waals surface area contributed by atoms with Crippen LogP contribution >= 0.6 is 0 Å². The fourth-order valence-corrected chi connectivity index (χ4v) is 3.19. The van der Waals surface area contributed by atoms with E-state index >= 15 is 0 Å². The Morgan fingerprint density at radius 3 is 2.79 bits per heavy atom. The number of aryl methyl sites for hydroxylation is 1. The largest absolute Gasteiger partial charge is 0.490 e.